The van der Waals surface area contributed by atoms with Gasteiger partial charge in [-0.2, -0.15) is 0 Å². The molecule has 0 amide bonds. The Hall–Kier alpha value is -1.11. The Bertz CT molecular complexity index is 491. The average Bonchev–Trinajstić information content (AvgIpc) is 2.33. The van der Waals surface area contributed by atoms with Crippen LogP contribution in [0.5, 0.6) is 0 Å². The molecule has 0 atom stereocenters. The predicted octanol–water partition coefficient (Wildman–Crippen LogP) is 4.85. The van der Waals surface area contributed by atoms with E-state index in [0.29, 0.717) is 0 Å². The fraction of sp³-hybridized carbons (Fsp3) is 0.438. The number of hydrogen-bond donors (Lipinski definition) is 1. The van der Waals surface area contributed by atoms with E-state index >= 15 is 0 Å². The van der Waals surface area contributed by atoms with E-state index in [1.807, 2.05) is 18.2 Å². The van der Waals surface area contributed by atoms with Crippen molar-refractivity contribution in [2.45, 2.75) is 45.8 Å². The van der Waals surface area contributed by atoms with Crippen LogP contribution in [0.15, 0.2) is 24.3 Å². The monoisotopic (exact) mass is 289 g/mol. The molecule has 0 saturated heterocycles. The van der Waals surface area contributed by atoms with Crippen LogP contribution in [0.4, 0.5) is 5.69 Å². The summed E-state index contributed by atoms with van der Waals surface area (Å²) in [5.74, 6) is 3.27. The molecule has 0 aliphatic rings. The SMILES string of the molecule is CCCCC(=S)Nc1cccc(C#C[Si](C)(C)C)c1. The lowest BCUT2D eigenvalue weighted by Gasteiger charge is -2.08. The standard InChI is InChI=1S/C16H23NSSi/c1-5-6-10-16(18)17-15-9-7-8-14(13-15)11-12-19(2,3)4/h7-9,13H,5-6,10H2,1-4H3,(H,17,18). The van der Waals surface area contributed by atoms with Gasteiger partial charge < -0.3 is 5.32 Å². The molecule has 1 aromatic carbocycles. The van der Waals surface area contributed by atoms with Gasteiger partial charge in [0.25, 0.3) is 0 Å². The second-order valence-electron chi connectivity index (χ2n) is 5.73. The summed E-state index contributed by atoms with van der Waals surface area (Å²) in [4.78, 5) is 0.914. The van der Waals surface area contributed by atoms with Gasteiger partial charge in [0.2, 0.25) is 0 Å². The van der Waals surface area contributed by atoms with Gasteiger partial charge in [0.05, 0.1) is 4.99 Å². The molecule has 0 aromatic heterocycles. The summed E-state index contributed by atoms with van der Waals surface area (Å²) in [6.45, 7) is 8.93. The van der Waals surface area contributed by atoms with E-state index in [1.54, 1.807) is 0 Å². The number of unbranched alkanes of at least 4 members (excludes halogenated alkanes) is 1. The lowest BCUT2D eigenvalue weighted by atomic mass is 10.2. The first-order valence-electron chi connectivity index (χ1n) is 6.84. The van der Waals surface area contributed by atoms with E-state index in [4.69, 9.17) is 12.2 Å². The van der Waals surface area contributed by atoms with Gasteiger partial charge in [-0.15, -0.1) is 5.54 Å². The van der Waals surface area contributed by atoms with E-state index in [-0.39, 0.29) is 0 Å². The summed E-state index contributed by atoms with van der Waals surface area (Å²) in [5.41, 5.74) is 5.49. The molecular weight excluding hydrogens is 266 g/mol. The van der Waals surface area contributed by atoms with Crippen molar-refractivity contribution in [1.29, 1.82) is 0 Å². The van der Waals surface area contributed by atoms with Gasteiger partial charge in [0.1, 0.15) is 8.07 Å². The summed E-state index contributed by atoms with van der Waals surface area (Å²) >= 11 is 5.33. The zero-order valence-corrected chi connectivity index (χ0v) is 14.2. The fourth-order valence-corrected chi connectivity index (χ4v) is 2.28. The lowest BCUT2D eigenvalue weighted by Crippen LogP contribution is -2.16. The molecule has 0 fully saturated rings. The third-order valence-corrected chi connectivity index (χ3v) is 3.67. The maximum atomic E-state index is 5.33. The topological polar surface area (TPSA) is 12.0 Å². The molecule has 1 aromatic rings. The summed E-state index contributed by atoms with van der Waals surface area (Å²) in [6.07, 6.45) is 3.27. The number of anilines is 1. The Morgan fingerprint density at radius 2 is 2.05 bits per heavy atom. The number of thiocarbonyl (C=S) groups is 1. The van der Waals surface area contributed by atoms with Crippen LogP contribution in [-0.2, 0) is 0 Å². The largest absolute Gasteiger partial charge is 0.350 e. The van der Waals surface area contributed by atoms with Crippen LogP contribution >= 0.6 is 12.2 Å². The normalized spacial score (nSPS) is 10.5. The van der Waals surface area contributed by atoms with Crippen molar-refractivity contribution >= 4 is 31.0 Å². The first kappa shape index (κ1) is 15.9. The first-order chi connectivity index (χ1) is 8.90. The van der Waals surface area contributed by atoms with Gasteiger partial charge in [-0.25, -0.2) is 0 Å². The summed E-state index contributed by atoms with van der Waals surface area (Å²) in [5, 5.41) is 3.29. The minimum atomic E-state index is -1.31. The highest BCUT2D eigenvalue weighted by atomic mass is 32.1. The summed E-state index contributed by atoms with van der Waals surface area (Å²) in [6, 6.07) is 8.19. The quantitative estimate of drug-likeness (QED) is 0.483. The van der Waals surface area contributed by atoms with Crippen LogP contribution in [-0.4, -0.2) is 13.1 Å². The molecule has 1 rings (SSSR count). The molecule has 102 valence electrons. The van der Waals surface area contributed by atoms with E-state index in [9.17, 15) is 0 Å². The number of hydrogen-bond acceptors (Lipinski definition) is 1. The van der Waals surface area contributed by atoms with E-state index < -0.39 is 8.07 Å². The van der Waals surface area contributed by atoms with Crippen LogP contribution < -0.4 is 5.32 Å². The third kappa shape index (κ3) is 7.14. The lowest BCUT2D eigenvalue weighted by molar-refractivity contribution is 0.839. The molecule has 1 N–H and O–H groups in total. The summed E-state index contributed by atoms with van der Waals surface area (Å²) in [7, 11) is -1.31. The van der Waals surface area contributed by atoms with Crippen LogP contribution in [0.3, 0.4) is 0 Å². The van der Waals surface area contributed by atoms with Crippen molar-refractivity contribution in [3.05, 3.63) is 29.8 Å². The Kier molecular flexibility index (Phi) is 6.27. The predicted molar refractivity (Wildman–Crippen MR) is 92.4 cm³/mol. The average molecular weight is 290 g/mol. The molecule has 0 heterocycles. The van der Waals surface area contributed by atoms with Crippen LogP contribution in [0.1, 0.15) is 31.7 Å². The van der Waals surface area contributed by atoms with Gasteiger partial charge in [0.15, 0.2) is 0 Å². The molecule has 3 heteroatoms. The molecule has 0 aliphatic heterocycles. The maximum absolute atomic E-state index is 5.33. The third-order valence-electron chi connectivity index (χ3n) is 2.49. The molecule has 0 saturated carbocycles. The second-order valence-corrected chi connectivity index (χ2v) is 11.0. The fourth-order valence-electron chi connectivity index (χ4n) is 1.50. The molecule has 0 aliphatic carbocycles. The molecule has 1 nitrogen and oxygen atoms in total. The highest BCUT2D eigenvalue weighted by Gasteiger charge is 2.07. The minimum absolute atomic E-state index is 0.914. The zero-order chi connectivity index (χ0) is 14.3. The molecule has 0 radical (unpaired) electrons. The molecule has 0 bridgehead atoms. The minimum Gasteiger partial charge on any atom is -0.350 e. The van der Waals surface area contributed by atoms with Gasteiger partial charge in [0, 0.05) is 11.3 Å². The van der Waals surface area contributed by atoms with Crippen LogP contribution in [0.2, 0.25) is 19.6 Å². The Balaban J connectivity index is 2.71. The van der Waals surface area contributed by atoms with Gasteiger partial charge in [-0.3, -0.25) is 0 Å². The number of nitrogens with one attached hydrogen (secondary N) is 1. The van der Waals surface area contributed by atoms with Crippen molar-refractivity contribution in [3.8, 4) is 11.5 Å². The first-order valence-corrected chi connectivity index (χ1v) is 10.7. The highest BCUT2D eigenvalue weighted by Crippen LogP contribution is 2.12. The van der Waals surface area contributed by atoms with Crippen molar-refractivity contribution in [1.82, 2.24) is 0 Å². The summed E-state index contributed by atoms with van der Waals surface area (Å²) < 4.78 is 0. The van der Waals surface area contributed by atoms with Gasteiger partial charge >= 0.3 is 0 Å². The van der Waals surface area contributed by atoms with Crippen LogP contribution in [0.25, 0.3) is 0 Å². The van der Waals surface area contributed by atoms with Crippen LogP contribution in [0, 0.1) is 11.5 Å². The Morgan fingerprint density at radius 1 is 1.32 bits per heavy atom. The van der Waals surface area contributed by atoms with E-state index in [0.717, 1.165) is 29.1 Å². The van der Waals surface area contributed by atoms with Gasteiger partial charge in [-0.1, -0.05) is 57.2 Å². The molecule has 0 unspecified atom stereocenters. The van der Waals surface area contributed by atoms with Crippen molar-refractivity contribution in [3.63, 3.8) is 0 Å². The van der Waals surface area contributed by atoms with Crippen molar-refractivity contribution < 1.29 is 0 Å². The maximum Gasteiger partial charge on any atom is 0.129 e. The number of rotatable bonds is 4. The van der Waals surface area contributed by atoms with E-state index in [2.05, 4.69) is 49.4 Å². The zero-order valence-electron chi connectivity index (χ0n) is 12.3. The highest BCUT2D eigenvalue weighted by molar-refractivity contribution is 7.80. The smallest absolute Gasteiger partial charge is 0.129 e. The Morgan fingerprint density at radius 3 is 2.68 bits per heavy atom. The number of benzene rings is 1. The molecular formula is C16H23NSSi. The van der Waals surface area contributed by atoms with Crippen molar-refractivity contribution in [2.24, 2.45) is 0 Å². The molecule has 0 spiro atoms. The molecule has 19 heavy (non-hydrogen) atoms. The van der Waals surface area contributed by atoms with Gasteiger partial charge in [-0.05, 0) is 31.0 Å². The van der Waals surface area contributed by atoms with E-state index in [1.165, 1.54) is 6.42 Å². The Labute approximate surface area is 123 Å². The van der Waals surface area contributed by atoms with Crippen molar-refractivity contribution in [2.75, 3.05) is 5.32 Å². The second kappa shape index (κ2) is 7.47.